The molecule has 0 aliphatic rings. The maximum absolute atomic E-state index is 2.29. The Bertz CT molecular complexity index is 406. The summed E-state index contributed by atoms with van der Waals surface area (Å²) in [6.07, 6.45) is 6.50. The van der Waals surface area contributed by atoms with Crippen LogP contribution in [-0.4, -0.2) is 0 Å². The Labute approximate surface area is 99.7 Å². The summed E-state index contributed by atoms with van der Waals surface area (Å²) in [6, 6.07) is 6.61. The molecule has 86 valence electrons. The van der Waals surface area contributed by atoms with Crippen molar-refractivity contribution in [1.82, 2.24) is 0 Å². The van der Waals surface area contributed by atoms with Gasteiger partial charge in [0.1, 0.15) is 0 Å². The number of hydrogen-bond donors (Lipinski definition) is 0. The molecule has 1 aromatic carbocycles. The van der Waals surface area contributed by atoms with Crippen LogP contribution in [0.15, 0.2) is 29.8 Å². The van der Waals surface area contributed by atoms with E-state index in [2.05, 4.69) is 64.1 Å². The summed E-state index contributed by atoms with van der Waals surface area (Å²) in [4.78, 5) is 0. The molecule has 0 N–H and O–H groups in total. The van der Waals surface area contributed by atoms with Gasteiger partial charge in [0.15, 0.2) is 0 Å². The van der Waals surface area contributed by atoms with E-state index in [4.69, 9.17) is 0 Å². The molecule has 1 rings (SSSR count). The molecule has 0 fully saturated rings. The average Bonchev–Trinajstić information content (AvgIpc) is 2.22. The lowest BCUT2D eigenvalue weighted by Crippen LogP contribution is -1.90. The summed E-state index contributed by atoms with van der Waals surface area (Å²) < 4.78 is 0. The van der Waals surface area contributed by atoms with Crippen molar-refractivity contribution in [3.63, 3.8) is 0 Å². The quantitative estimate of drug-likeness (QED) is 0.657. The molecule has 0 saturated heterocycles. The van der Waals surface area contributed by atoms with Gasteiger partial charge in [-0.1, -0.05) is 55.8 Å². The third-order valence-electron chi connectivity index (χ3n) is 2.95. The van der Waals surface area contributed by atoms with Crippen LogP contribution in [0.4, 0.5) is 0 Å². The summed E-state index contributed by atoms with van der Waals surface area (Å²) in [5.41, 5.74) is 5.39. The van der Waals surface area contributed by atoms with Crippen molar-refractivity contribution in [1.29, 1.82) is 0 Å². The Balaban J connectivity index is 3.04. The second-order valence-corrected chi connectivity index (χ2v) is 4.66. The Morgan fingerprint density at radius 2 is 1.94 bits per heavy atom. The van der Waals surface area contributed by atoms with E-state index < -0.39 is 0 Å². The van der Waals surface area contributed by atoms with Crippen LogP contribution in [0.5, 0.6) is 0 Å². The highest BCUT2D eigenvalue weighted by atomic mass is 14.1. The minimum atomic E-state index is 0.620. The fourth-order valence-electron chi connectivity index (χ4n) is 1.57. The Kier molecular flexibility index (Phi) is 4.54. The van der Waals surface area contributed by atoms with Crippen molar-refractivity contribution in [2.45, 2.75) is 34.6 Å². The van der Waals surface area contributed by atoms with Gasteiger partial charge in [0.05, 0.1) is 0 Å². The summed E-state index contributed by atoms with van der Waals surface area (Å²) >= 11 is 0. The molecular weight excluding hydrogens is 192 g/mol. The fourth-order valence-corrected chi connectivity index (χ4v) is 1.57. The molecule has 0 bridgehead atoms. The van der Waals surface area contributed by atoms with Crippen molar-refractivity contribution >= 4 is 12.2 Å². The van der Waals surface area contributed by atoms with Gasteiger partial charge in [0, 0.05) is 0 Å². The lowest BCUT2D eigenvalue weighted by Gasteiger charge is -2.07. The zero-order valence-corrected chi connectivity index (χ0v) is 11.0. The standard InChI is InChI=1S/C16H22/c1-6-7-15-8-9-16(14(5)10-15)11-13(4)12(2)3/h6-12H,1-5H3/b7-6+,13-11+. The highest BCUT2D eigenvalue weighted by Crippen LogP contribution is 2.18. The molecule has 0 aromatic heterocycles. The highest BCUT2D eigenvalue weighted by Gasteiger charge is 1.99. The molecule has 0 amide bonds. The van der Waals surface area contributed by atoms with Gasteiger partial charge in [-0.05, 0) is 43.4 Å². The number of hydrogen-bond acceptors (Lipinski definition) is 0. The maximum Gasteiger partial charge on any atom is -0.0227 e. The lowest BCUT2D eigenvalue weighted by molar-refractivity contribution is 0.776. The third-order valence-corrected chi connectivity index (χ3v) is 2.95. The van der Waals surface area contributed by atoms with Crippen molar-refractivity contribution in [2.75, 3.05) is 0 Å². The van der Waals surface area contributed by atoms with Crippen molar-refractivity contribution in [3.8, 4) is 0 Å². The molecule has 0 aliphatic carbocycles. The number of rotatable bonds is 3. The van der Waals surface area contributed by atoms with Gasteiger partial charge in [-0.25, -0.2) is 0 Å². The van der Waals surface area contributed by atoms with E-state index in [0.29, 0.717) is 5.92 Å². The minimum absolute atomic E-state index is 0.620. The Morgan fingerprint density at radius 3 is 2.44 bits per heavy atom. The van der Waals surface area contributed by atoms with Gasteiger partial charge in [0.25, 0.3) is 0 Å². The first-order chi connectivity index (χ1) is 7.54. The zero-order chi connectivity index (χ0) is 12.1. The van der Waals surface area contributed by atoms with E-state index in [9.17, 15) is 0 Å². The van der Waals surface area contributed by atoms with Gasteiger partial charge in [-0.15, -0.1) is 0 Å². The van der Waals surface area contributed by atoms with Crippen molar-refractivity contribution < 1.29 is 0 Å². The SMILES string of the molecule is C/C=C/c1ccc(/C=C(\C)C(C)C)c(C)c1. The summed E-state index contributed by atoms with van der Waals surface area (Å²) in [7, 11) is 0. The van der Waals surface area contributed by atoms with Crippen LogP contribution < -0.4 is 0 Å². The van der Waals surface area contributed by atoms with E-state index in [1.807, 2.05) is 6.92 Å². The molecule has 0 saturated carbocycles. The smallest absolute Gasteiger partial charge is 0.0227 e. The summed E-state index contributed by atoms with van der Waals surface area (Å²) in [5.74, 6) is 0.620. The van der Waals surface area contributed by atoms with E-state index in [0.717, 1.165) is 0 Å². The average molecular weight is 214 g/mol. The second kappa shape index (κ2) is 5.69. The molecule has 0 spiro atoms. The van der Waals surface area contributed by atoms with E-state index in [-0.39, 0.29) is 0 Å². The van der Waals surface area contributed by atoms with Crippen LogP contribution in [-0.2, 0) is 0 Å². The predicted molar refractivity (Wildman–Crippen MR) is 74.4 cm³/mol. The van der Waals surface area contributed by atoms with Crippen LogP contribution in [0.1, 0.15) is 44.4 Å². The van der Waals surface area contributed by atoms with Gasteiger partial charge >= 0.3 is 0 Å². The third kappa shape index (κ3) is 3.37. The summed E-state index contributed by atoms with van der Waals surface area (Å²) in [6.45, 7) is 10.9. The largest absolute Gasteiger partial charge is 0.0871 e. The van der Waals surface area contributed by atoms with Crippen LogP contribution in [0.3, 0.4) is 0 Å². The molecule has 0 radical (unpaired) electrons. The fraction of sp³-hybridized carbons (Fsp3) is 0.375. The van der Waals surface area contributed by atoms with Crippen LogP contribution >= 0.6 is 0 Å². The van der Waals surface area contributed by atoms with E-state index in [1.165, 1.54) is 22.3 Å². The molecular formula is C16H22. The molecule has 0 heteroatoms. The Hall–Kier alpha value is -1.30. The van der Waals surface area contributed by atoms with Crippen molar-refractivity contribution in [3.05, 3.63) is 46.5 Å². The first-order valence-electron chi connectivity index (χ1n) is 5.96. The number of aryl methyl sites for hydroxylation is 1. The van der Waals surface area contributed by atoms with Crippen LogP contribution in [0, 0.1) is 12.8 Å². The minimum Gasteiger partial charge on any atom is -0.0871 e. The highest BCUT2D eigenvalue weighted by molar-refractivity contribution is 5.60. The molecule has 1 aromatic rings. The first kappa shape index (κ1) is 12.8. The molecule has 0 atom stereocenters. The maximum atomic E-state index is 2.29. The van der Waals surface area contributed by atoms with Gasteiger partial charge in [0.2, 0.25) is 0 Å². The first-order valence-corrected chi connectivity index (χ1v) is 5.96. The number of benzene rings is 1. The molecule has 16 heavy (non-hydrogen) atoms. The molecule has 0 aliphatic heterocycles. The van der Waals surface area contributed by atoms with Crippen molar-refractivity contribution in [2.24, 2.45) is 5.92 Å². The topological polar surface area (TPSA) is 0 Å². The van der Waals surface area contributed by atoms with Crippen LogP contribution in [0.25, 0.3) is 12.2 Å². The molecule has 0 heterocycles. The van der Waals surface area contributed by atoms with Crippen LogP contribution in [0.2, 0.25) is 0 Å². The normalized spacial score (nSPS) is 12.8. The monoisotopic (exact) mass is 214 g/mol. The van der Waals surface area contributed by atoms with E-state index >= 15 is 0 Å². The van der Waals surface area contributed by atoms with Gasteiger partial charge < -0.3 is 0 Å². The Morgan fingerprint density at radius 1 is 1.25 bits per heavy atom. The molecule has 0 unspecified atom stereocenters. The van der Waals surface area contributed by atoms with E-state index in [1.54, 1.807) is 0 Å². The van der Waals surface area contributed by atoms with Gasteiger partial charge in [-0.3, -0.25) is 0 Å². The second-order valence-electron chi connectivity index (χ2n) is 4.66. The zero-order valence-electron chi connectivity index (χ0n) is 11.0. The predicted octanol–water partition coefficient (Wildman–Crippen LogP) is 5.09. The molecule has 0 nitrogen and oxygen atoms in total. The lowest BCUT2D eigenvalue weighted by atomic mass is 9.98. The summed E-state index contributed by atoms with van der Waals surface area (Å²) in [5, 5.41) is 0. The number of allylic oxidation sites excluding steroid dienone is 2. The van der Waals surface area contributed by atoms with Gasteiger partial charge in [-0.2, -0.15) is 0 Å².